The number of hydrogen-bond donors (Lipinski definition) is 0. The topological polar surface area (TPSA) is 66.2 Å². The number of alkyl halides is 1. The van der Waals surface area contributed by atoms with E-state index in [4.69, 9.17) is 21.1 Å². The van der Waals surface area contributed by atoms with Crippen molar-refractivity contribution in [3.05, 3.63) is 51.2 Å². The molecule has 136 valence electrons. The molecule has 25 heavy (non-hydrogen) atoms. The molecule has 0 aromatic carbocycles. The monoisotopic (exact) mass is 369 g/mol. The summed E-state index contributed by atoms with van der Waals surface area (Å²) < 4.78 is 23.9. The van der Waals surface area contributed by atoms with E-state index in [1.807, 2.05) is 26.8 Å². The third kappa shape index (κ3) is 5.24. The van der Waals surface area contributed by atoms with Gasteiger partial charge in [0.25, 0.3) is 5.56 Å². The summed E-state index contributed by atoms with van der Waals surface area (Å²) in [6.45, 7) is 5.58. The zero-order chi connectivity index (χ0) is 18.4. The highest BCUT2D eigenvalue weighted by Crippen LogP contribution is 2.21. The molecule has 0 saturated heterocycles. The van der Waals surface area contributed by atoms with E-state index in [-0.39, 0.29) is 30.6 Å². The van der Waals surface area contributed by atoms with Crippen LogP contribution in [0.3, 0.4) is 0 Å². The van der Waals surface area contributed by atoms with Crippen molar-refractivity contribution in [3.8, 4) is 5.75 Å². The molecule has 0 N–H and O–H groups in total. The van der Waals surface area contributed by atoms with Crippen LogP contribution >= 0.6 is 11.6 Å². The van der Waals surface area contributed by atoms with Crippen LogP contribution in [-0.4, -0.2) is 28.0 Å². The van der Waals surface area contributed by atoms with Gasteiger partial charge in [-0.3, -0.25) is 9.78 Å². The van der Waals surface area contributed by atoms with E-state index in [2.05, 4.69) is 10.1 Å². The van der Waals surface area contributed by atoms with Gasteiger partial charge in [-0.25, -0.2) is 9.07 Å². The predicted octanol–water partition coefficient (Wildman–Crippen LogP) is 3.11. The molecule has 0 spiro atoms. The first-order chi connectivity index (χ1) is 11.8. The van der Waals surface area contributed by atoms with Crippen molar-refractivity contribution in [1.82, 2.24) is 14.8 Å². The van der Waals surface area contributed by atoms with E-state index in [0.29, 0.717) is 5.69 Å². The molecule has 0 radical (unpaired) electrons. The zero-order valence-electron chi connectivity index (χ0n) is 14.5. The summed E-state index contributed by atoms with van der Waals surface area (Å²) >= 11 is 6.11. The van der Waals surface area contributed by atoms with Gasteiger partial charge in [0.05, 0.1) is 30.6 Å². The summed E-state index contributed by atoms with van der Waals surface area (Å²) in [6, 6.07) is 3.59. The molecule has 0 saturated carbocycles. The van der Waals surface area contributed by atoms with Gasteiger partial charge in [-0.2, -0.15) is 5.10 Å². The van der Waals surface area contributed by atoms with Gasteiger partial charge in [0.1, 0.15) is 13.3 Å². The average Bonchev–Trinajstić information content (AvgIpc) is 2.56. The minimum atomic E-state index is -0.519. The Bertz CT molecular complexity index is 757. The highest BCUT2D eigenvalue weighted by Gasteiger charge is 2.19. The number of nitrogens with zero attached hydrogens (tertiary/aromatic N) is 3. The van der Waals surface area contributed by atoms with Gasteiger partial charge < -0.3 is 9.47 Å². The molecule has 6 nitrogen and oxygen atoms in total. The smallest absolute Gasteiger partial charge is 0.289 e. The molecule has 0 aliphatic rings. The van der Waals surface area contributed by atoms with Crippen LogP contribution in [0.1, 0.15) is 32.0 Å². The van der Waals surface area contributed by atoms with Crippen molar-refractivity contribution in [1.29, 1.82) is 0 Å². The third-order valence-corrected chi connectivity index (χ3v) is 3.62. The van der Waals surface area contributed by atoms with Crippen molar-refractivity contribution in [2.75, 3.05) is 13.3 Å². The summed E-state index contributed by atoms with van der Waals surface area (Å²) in [4.78, 5) is 16.5. The lowest BCUT2D eigenvalue weighted by atomic mass is 10.1. The summed E-state index contributed by atoms with van der Waals surface area (Å²) in [7, 11) is 0. The molecule has 0 aliphatic heterocycles. The van der Waals surface area contributed by atoms with E-state index < -0.39 is 17.8 Å². The van der Waals surface area contributed by atoms with Crippen LogP contribution < -0.4 is 10.3 Å². The molecular weight excluding hydrogens is 349 g/mol. The Morgan fingerprint density at radius 3 is 2.60 bits per heavy atom. The SMILES string of the molecule is CC(C)(C)n1ncc(OCc2ccc(COCCF)nc2)c(Cl)c1=O. The molecule has 8 heteroatoms. The second-order valence-corrected chi connectivity index (χ2v) is 6.78. The lowest BCUT2D eigenvalue weighted by Crippen LogP contribution is -2.36. The Hall–Kier alpha value is -1.99. The molecule has 0 bridgehead atoms. The van der Waals surface area contributed by atoms with Gasteiger partial charge in [0.2, 0.25) is 0 Å². The predicted molar refractivity (Wildman–Crippen MR) is 92.7 cm³/mol. The fourth-order valence-electron chi connectivity index (χ4n) is 2.01. The largest absolute Gasteiger partial charge is 0.485 e. The molecule has 2 rings (SSSR count). The van der Waals surface area contributed by atoms with Gasteiger partial charge in [0.15, 0.2) is 10.8 Å². The van der Waals surface area contributed by atoms with Gasteiger partial charge in [-0.05, 0) is 26.8 Å². The minimum Gasteiger partial charge on any atom is -0.485 e. The fraction of sp³-hybridized carbons (Fsp3) is 0.471. The van der Waals surface area contributed by atoms with Crippen molar-refractivity contribution in [2.24, 2.45) is 0 Å². The maximum Gasteiger partial charge on any atom is 0.289 e. The second kappa shape index (κ2) is 8.40. The number of pyridine rings is 1. The highest BCUT2D eigenvalue weighted by atomic mass is 35.5. The quantitative estimate of drug-likeness (QED) is 0.701. The number of aromatic nitrogens is 3. The summed E-state index contributed by atoms with van der Waals surface area (Å²) in [6.07, 6.45) is 3.06. The van der Waals surface area contributed by atoms with Gasteiger partial charge in [-0.15, -0.1) is 0 Å². The number of rotatable bonds is 7. The molecular formula is C17H21ClFN3O3. The molecule has 2 aromatic rings. The van der Waals surface area contributed by atoms with Crippen LogP contribution in [-0.2, 0) is 23.5 Å². The van der Waals surface area contributed by atoms with Gasteiger partial charge >= 0.3 is 0 Å². The molecule has 0 unspecified atom stereocenters. The first-order valence-corrected chi connectivity index (χ1v) is 8.19. The fourth-order valence-corrected chi connectivity index (χ4v) is 2.20. The molecule has 0 atom stereocenters. The second-order valence-electron chi connectivity index (χ2n) is 6.40. The number of ether oxygens (including phenoxy) is 2. The van der Waals surface area contributed by atoms with Crippen LogP contribution in [0.2, 0.25) is 5.02 Å². The first-order valence-electron chi connectivity index (χ1n) is 7.81. The third-order valence-electron chi connectivity index (χ3n) is 3.27. The van der Waals surface area contributed by atoms with Crippen molar-refractivity contribution >= 4 is 11.6 Å². The van der Waals surface area contributed by atoms with Gasteiger partial charge in [-0.1, -0.05) is 17.7 Å². The van der Waals surface area contributed by atoms with Crippen molar-refractivity contribution in [2.45, 2.75) is 39.5 Å². The maximum atomic E-state index is 12.3. The Kier molecular flexibility index (Phi) is 6.50. The van der Waals surface area contributed by atoms with Crippen molar-refractivity contribution < 1.29 is 13.9 Å². The van der Waals surface area contributed by atoms with Crippen LogP contribution in [0, 0.1) is 0 Å². The maximum absolute atomic E-state index is 12.3. The molecule has 0 aliphatic carbocycles. The lowest BCUT2D eigenvalue weighted by Gasteiger charge is -2.21. The Balaban J connectivity index is 2.02. The van der Waals surface area contributed by atoms with Crippen LogP contribution in [0.4, 0.5) is 4.39 Å². The van der Waals surface area contributed by atoms with Gasteiger partial charge in [0, 0.05) is 11.8 Å². The Morgan fingerprint density at radius 1 is 1.24 bits per heavy atom. The Labute approximate surface area is 150 Å². The Morgan fingerprint density at radius 2 is 2.00 bits per heavy atom. The molecule has 0 fully saturated rings. The van der Waals surface area contributed by atoms with Crippen LogP contribution in [0.25, 0.3) is 0 Å². The number of hydrogen-bond acceptors (Lipinski definition) is 5. The molecule has 2 heterocycles. The van der Waals surface area contributed by atoms with E-state index in [0.717, 1.165) is 5.56 Å². The molecule has 0 amide bonds. The normalized spacial score (nSPS) is 11.6. The van der Waals surface area contributed by atoms with E-state index in [1.165, 1.54) is 10.9 Å². The standard InChI is InChI=1S/C17H21ClFN3O3/c1-17(2,3)22-16(23)15(18)14(9-21-22)25-10-12-4-5-13(20-8-12)11-24-7-6-19/h4-5,8-9H,6-7,10-11H2,1-3H3. The van der Waals surface area contributed by atoms with Crippen LogP contribution in [0.5, 0.6) is 5.75 Å². The first kappa shape index (κ1) is 19.3. The zero-order valence-corrected chi connectivity index (χ0v) is 15.2. The number of halogens is 2. The lowest BCUT2D eigenvalue weighted by molar-refractivity contribution is 0.104. The summed E-state index contributed by atoms with van der Waals surface area (Å²) in [5, 5.41) is 4.11. The molecule has 2 aromatic heterocycles. The minimum absolute atomic E-state index is 0.00544. The summed E-state index contributed by atoms with van der Waals surface area (Å²) in [5.41, 5.74) is 0.628. The van der Waals surface area contributed by atoms with E-state index in [9.17, 15) is 9.18 Å². The van der Waals surface area contributed by atoms with Crippen LogP contribution in [0.15, 0.2) is 29.3 Å². The average molecular weight is 370 g/mol. The van der Waals surface area contributed by atoms with E-state index in [1.54, 1.807) is 12.3 Å². The van der Waals surface area contributed by atoms with Crippen molar-refractivity contribution in [3.63, 3.8) is 0 Å². The summed E-state index contributed by atoms with van der Waals surface area (Å²) in [5.74, 6) is 0.225. The highest BCUT2D eigenvalue weighted by molar-refractivity contribution is 6.31. The van der Waals surface area contributed by atoms with E-state index >= 15 is 0 Å².